The number of halogens is 1. The van der Waals surface area contributed by atoms with Crippen LogP contribution in [0.1, 0.15) is 39.7 Å². The lowest BCUT2D eigenvalue weighted by Gasteiger charge is -2.42. The third-order valence-corrected chi connectivity index (χ3v) is 12.7. The highest BCUT2D eigenvalue weighted by Crippen LogP contribution is 2.44. The molecule has 0 saturated heterocycles. The van der Waals surface area contributed by atoms with Gasteiger partial charge < -0.3 is 4.43 Å². The maximum Gasteiger partial charge on any atom is 0.507 e. The number of aryl methyl sites for hydroxylation is 1. The van der Waals surface area contributed by atoms with E-state index in [4.69, 9.17) is 4.43 Å². The summed E-state index contributed by atoms with van der Waals surface area (Å²) < 4.78 is 7.93. The van der Waals surface area contributed by atoms with Crippen LogP contribution in [0.2, 0.25) is 18.1 Å². The van der Waals surface area contributed by atoms with Crippen molar-refractivity contribution in [1.82, 2.24) is 0 Å². The maximum atomic E-state index is 6.39. The monoisotopic (exact) mass is 380 g/mol. The third-order valence-electron chi connectivity index (χ3n) is 5.31. The Morgan fingerprint density at radius 1 is 1.24 bits per heavy atom. The molecule has 0 fully saturated rings. The Morgan fingerprint density at radius 3 is 2.43 bits per heavy atom. The van der Waals surface area contributed by atoms with Gasteiger partial charge in [-0.05, 0) is 36.9 Å². The molecule has 116 valence electrons. The van der Waals surface area contributed by atoms with E-state index in [1.165, 1.54) is 9.26 Å². The first-order chi connectivity index (χ1) is 9.72. The van der Waals surface area contributed by atoms with E-state index in [1.54, 1.807) is 0 Å². The van der Waals surface area contributed by atoms with Gasteiger partial charge in [-0.25, -0.2) is 0 Å². The Hall–Kier alpha value is 0.643. The zero-order valence-electron chi connectivity index (χ0n) is 14.5. The van der Waals surface area contributed by atoms with Gasteiger partial charge in [-0.15, -0.1) is 3.69 Å². The molecule has 1 aromatic rings. The van der Waals surface area contributed by atoms with Crippen LogP contribution in [0.15, 0.2) is 24.3 Å². The van der Waals surface area contributed by atoms with Crippen LogP contribution >= 0.6 is 12.9 Å². The minimum Gasteiger partial charge on any atom is -0.417 e. The highest BCUT2D eigenvalue weighted by molar-refractivity contribution is 9.23. The molecule has 0 aliphatic rings. The highest BCUT2D eigenvalue weighted by atomic mass is 79.9. The smallest absolute Gasteiger partial charge is 0.417 e. The second-order valence-electron chi connectivity index (χ2n) is 7.24. The lowest BCUT2D eigenvalue weighted by Crippen LogP contribution is -2.45. The van der Waals surface area contributed by atoms with Crippen LogP contribution in [0.3, 0.4) is 0 Å². The number of benzene rings is 1. The summed E-state index contributed by atoms with van der Waals surface area (Å²) in [5, 5.41) is 0.313. The first kappa shape index (κ1) is 19.7. The standard InChI is InChI=1S/C17H29OSi.BrH.Mg/c1-15(2)17(3,4)19(5,6)18-14-10-13-16-11-8-7-9-12-16;;/h7-9,11,15H,10,13-14H2,1-6H3;1H;/q;;+1/p-1. The molecule has 0 heterocycles. The van der Waals surface area contributed by atoms with Crippen LogP contribution in [-0.4, -0.2) is 33.1 Å². The van der Waals surface area contributed by atoms with Gasteiger partial charge >= 0.3 is 18.2 Å². The van der Waals surface area contributed by atoms with Crippen molar-refractivity contribution in [2.75, 3.05) is 6.61 Å². The lowest BCUT2D eigenvalue weighted by molar-refractivity contribution is 0.263. The zero-order chi connectivity index (χ0) is 16.1. The number of hydrogen-bond donors (Lipinski definition) is 0. The summed E-state index contributed by atoms with van der Waals surface area (Å²) in [5.41, 5.74) is 1.51. The highest BCUT2D eigenvalue weighted by Gasteiger charge is 2.42. The molecule has 0 saturated carbocycles. The molecule has 0 amide bonds. The van der Waals surface area contributed by atoms with E-state index in [0.29, 0.717) is 11.0 Å². The van der Waals surface area contributed by atoms with Crippen molar-refractivity contribution in [3.8, 4) is 0 Å². The summed E-state index contributed by atoms with van der Waals surface area (Å²) >= 11 is 3.45. The van der Waals surface area contributed by atoms with Crippen LogP contribution in [0.5, 0.6) is 0 Å². The summed E-state index contributed by atoms with van der Waals surface area (Å²) in [5.74, 6) is 0.666. The Morgan fingerprint density at radius 2 is 1.86 bits per heavy atom. The average molecular weight is 382 g/mol. The van der Waals surface area contributed by atoms with Gasteiger partial charge in [0.05, 0.1) is 0 Å². The van der Waals surface area contributed by atoms with Crippen LogP contribution in [0, 0.1) is 5.92 Å². The lowest BCUT2D eigenvalue weighted by atomic mass is 9.99. The van der Waals surface area contributed by atoms with Crippen molar-refractivity contribution < 1.29 is 4.43 Å². The number of rotatable bonds is 8. The van der Waals surface area contributed by atoms with Crippen molar-refractivity contribution in [2.45, 2.75) is 58.7 Å². The van der Waals surface area contributed by atoms with Gasteiger partial charge in [0.25, 0.3) is 0 Å². The SMILES string of the molecule is CC(C)C(C)(C)[Si](C)(C)OCCCc1cccc[c]1[Mg][Br]. The fourth-order valence-electron chi connectivity index (χ4n) is 2.40. The van der Waals surface area contributed by atoms with E-state index >= 15 is 0 Å². The molecular weight excluding hydrogens is 352 g/mol. The van der Waals surface area contributed by atoms with Crippen molar-refractivity contribution in [3.05, 3.63) is 29.8 Å². The van der Waals surface area contributed by atoms with Crippen LogP contribution in [0.25, 0.3) is 0 Å². The molecule has 0 aromatic heterocycles. The summed E-state index contributed by atoms with van der Waals surface area (Å²) in [6, 6.07) is 8.82. The molecule has 0 spiro atoms. The zero-order valence-corrected chi connectivity index (χ0v) is 18.5. The molecule has 0 unspecified atom stereocenters. The Labute approximate surface area is 148 Å². The quantitative estimate of drug-likeness (QED) is 0.459. The molecule has 1 rings (SSSR count). The van der Waals surface area contributed by atoms with Gasteiger partial charge in [-0.2, -0.15) is 0 Å². The summed E-state index contributed by atoms with van der Waals surface area (Å²) in [6.07, 6.45) is 2.27. The third kappa shape index (κ3) is 5.34. The maximum absolute atomic E-state index is 6.39. The number of hydrogen-bond acceptors (Lipinski definition) is 1. The van der Waals surface area contributed by atoms with Crippen LogP contribution < -0.4 is 3.69 Å². The minimum absolute atomic E-state index is 0.252. The Kier molecular flexibility index (Phi) is 7.95. The van der Waals surface area contributed by atoms with Crippen molar-refractivity contribution >= 4 is 43.1 Å². The predicted octanol–water partition coefficient (Wildman–Crippen LogP) is 4.92. The molecule has 0 atom stereocenters. The van der Waals surface area contributed by atoms with Gasteiger partial charge in [0.1, 0.15) is 0 Å². The molecule has 4 heteroatoms. The summed E-state index contributed by atoms with van der Waals surface area (Å²) in [6.45, 7) is 15.0. The largest absolute Gasteiger partial charge is 0.507 e. The second kappa shape index (κ2) is 8.48. The predicted molar refractivity (Wildman–Crippen MR) is 101 cm³/mol. The molecule has 1 nitrogen and oxygen atoms in total. The molecule has 0 radical (unpaired) electrons. The van der Waals surface area contributed by atoms with Gasteiger partial charge in [0.15, 0.2) is 8.32 Å². The Bertz CT molecular complexity index is 446. The fourth-order valence-corrected chi connectivity index (χ4v) is 7.15. The molecule has 0 aliphatic carbocycles. The van der Waals surface area contributed by atoms with Crippen LogP contribution in [0.4, 0.5) is 0 Å². The van der Waals surface area contributed by atoms with Gasteiger partial charge in [-0.3, -0.25) is 12.9 Å². The van der Waals surface area contributed by atoms with E-state index in [-0.39, 0.29) is 18.2 Å². The first-order valence-corrected chi connectivity index (χ1v) is 15.5. The van der Waals surface area contributed by atoms with E-state index in [9.17, 15) is 0 Å². The van der Waals surface area contributed by atoms with Crippen molar-refractivity contribution in [3.63, 3.8) is 0 Å². The summed E-state index contributed by atoms with van der Waals surface area (Å²) in [4.78, 5) is 0. The average Bonchev–Trinajstić information content (AvgIpc) is 2.43. The van der Waals surface area contributed by atoms with E-state index in [1.807, 2.05) is 0 Å². The molecule has 1 aromatic carbocycles. The molecule has 0 bridgehead atoms. The van der Waals surface area contributed by atoms with Crippen molar-refractivity contribution in [2.24, 2.45) is 5.92 Å². The molecule has 0 aliphatic heterocycles. The minimum atomic E-state index is -1.65. The van der Waals surface area contributed by atoms with E-state index < -0.39 is 8.32 Å². The Balaban J connectivity index is 2.50. The van der Waals surface area contributed by atoms with E-state index in [0.717, 1.165) is 19.4 Å². The van der Waals surface area contributed by atoms with Gasteiger partial charge in [-0.1, -0.05) is 57.5 Å². The molecule has 21 heavy (non-hydrogen) atoms. The normalized spacial score (nSPS) is 12.6. The molecular formula is C17H29BrMgOSi. The topological polar surface area (TPSA) is 9.23 Å². The summed E-state index contributed by atoms with van der Waals surface area (Å²) in [7, 11) is -1.65. The fraction of sp³-hybridized carbons (Fsp3) is 0.647. The van der Waals surface area contributed by atoms with Gasteiger partial charge in [0.2, 0.25) is 0 Å². The van der Waals surface area contributed by atoms with E-state index in [2.05, 4.69) is 77.9 Å². The van der Waals surface area contributed by atoms with Gasteiger partial charge in [0, 0.05) is 6.61 Å². The first-order valence-electron chi connectivity index (χ1n) is 7.99. The van der Waals surface area contributed by atoms with Crippen LogP contribution in [-0.2, 0) is 10.8 Å². The second-order valence-corrected chi connectivity index (χ2v) is 14.6. The van der Waals surface area contributed by atoms with Crippen molar-refractivity contribution in [1.29, 1.82) is 0 Å². The molecule has 0 N–H and O–H groups in total.